The number of fused-ring (bicyclic) bond motifs is 4. The van der Waals surface area contributed by atoms with E-state index in [4.69, 9.17) is 0 Å². The van der Waals surface area contributed by atoms with Gasteiger partial charge in [-0.15, -0.1) is 0 Å². The van der Waals surface area contributed by atoms with Gasteiger partial charge in [-0.2, -0.15) is 0 Å². The summed E-state index contributed by atoms with van der Waals surface area (Å²) in [7, 11) is 1.95. The van der Waals surface area contributed by atoms with Gasteiger partial charge in [-0.25, -0.2) is 0 Å². The van der Waals surface area contributed by atoms with Crippen LogP contribution in [0.15, 0.2) is 24.3 Å². The normalized spacial score (nSPS) is 34.4. The van der Waals surface area contributed by atoms with Crippen molar-refractivity contribution in [3.05, 3.63) is 29.8 Å². The third-order valence-electron chi connectivity index (χ3n) is 7.95. The lowest BCUT2D eigenvalue weighted by atomic mass is 9.69. The summed E-state index contributed by atoms with van der Waals surface area (Å²) < 4.78 is 0. The number of nitrogens with zero attached hydrogens (tertiary/aromatic N) is 2. The molecule has 2 aliphatic carbocycles. The van der Waals surface area contributed by atoms with Crippen molar-refractivity contribution in [2.24, 2.45) is 11.8 Å². The van der Waals surface area contributed by atoms with E-state index in [-0.39, 0.29) is 11.3 Å². The Morgan fingerprint density at radius 2 is 1.84 bits per heavy atom. The molecule has 1 unspecified atom stereocenters. The van der Waals surface area contributed by atoms with Gasteiger partial charge >= 0.3 is 0 Å². The quantitative estimate of drug-likeness (QED) is 0.774. The number of rotatable bonds is 1. The van der Waals surface area contributed by atoms with E-state index in [2.05, 4.69) is 29.2 Å². The predicted molar refractivity (Wildman–Crippen MR) is 101 cm³/mol. The van der Waals surface area contributed by atoms with Crippen molar-refractivity contribution < 1.29 is 4.79 Å². The maximum Gasteiger partial charge on any atom is 0.226 e. The Labute approximate surface area is 151 Å². The van der Waals surface area contributed by atoms with Crippen LogP contribution in [-0.2, 0) is 10.2 Å². The highest BCUT2D eigenvalue weighted by atomic mass is 16.2. The summed E-state index contributed by atoms with van der Waals surface area (Å²) in [6, 6.07) is 9.53. The number of benzene rings is 1. The number of carbonyl (C=O) groups is 1. The first-order chi connectivity index (χ1) is 12.2. The van der Waals surface area contributed by atoms with Crippen LogP contribution >= 0.6 is 0 Å². The van der Waals surface area contributed by atoms with E-state index < -0.39 is 0 Å². The smallest absolute Gasteiger partial charge is 0.226 e. The van der Waals surface area contributed by atoms with Gasteiger partial charge in [-0.1, -0.05) is 24.6 Å². The molecule has 3 heteroatoms. The predicted octanol–water partition coefficient (Wildman–Crippen LogP) is 3.97. The Morgan fingerprint density at radius 3 is 2.56 bits per heavy atom. The van der Waals surface area contributed by atoms with Crippen molar-refractivity contribution in [1.29, 1.82) is 0 Å². The van der Waals surface area contributed by atoms with Gasteiger partial charge in [-0.3, -0.25) is 4.79 Å². The standard InChI is InChI=1S/C22H30N2O/c1-23-19-5-3-2-4-18(19)22(9-8-21(23)25)10-12-24(13-11-22)20-15-16-6-7-17(20)14-16/h2-5,16-17,20H,6-15H2,1H3/t16-,17-,20?/m1/s1. The molecule has 3 atom stereocenters. The van der Waals surface area contributed by atoms with Crippen LogP contribution in [0, 0.1) is 11.8 Å². The lowest BCUT2D eigenvalue weighted by molar-refractivity contribution is -0.118. The van der Waals surface area contributed by atoms with E-state index in [9.17, 15) is 4.79 Å². The summed E-state index contributed by atoms with van der Waals surface area (Å²) in [6.07, 6.45) is 10.1. The van der Waals surface area contributed by atoms with E-state index >= 15 is 0 Å². The molecule has 1 aromatic carbocycles. The monoisotopic (exact) mass is 338 g/mol. The van der Waals surface area contributed by atoms with Crippen LogP contribution in [0.2, 0.25) is 0 Å². The molecule has 2 aliphatic heterocycles. The molecule has 134 valence electrons. The Bertz CT molecular complexity index is 676. The summed E-state index contributed by atoms with van der Waals surface area (Å²) >= 11 is 0. The second kappa shape index (κ2) is 5.84. The second-order valence-corrected chi connectivity index (χ2v) is 9.03. The summed E-state index contributed by atoms with van der Waals surface area (Å²) in [4.78, 5) is 17.2. The van der Waals surface area contributed by atoms with E-state index in [0.717, 1.165) is 30.0 Å². The molecule has 3 fully saturated rings. The molecule has 25 heavy (non-hydrogen) atoms. The first-order valence-corrected chi connectivity index (χ1v) is 10.3. The molecule has 0 radical (unpaired) electrons. The number of piperidine rings is 1. The molecule has 2 saturated carbocycles. The molecule has 0 N–H and O–H groups in total. The van der Waals surface area contributed by atoms with Crippen molar-refractivity contribution in [1.82, 2.24) is 4.90 Å². The maximum atomic E-state index is 12.5. The Morgan fingerprint density at radius 1 is 1.04 bits per heavy atom. The lowest BCUT2D eigenvalue weighted by Crippen LogP contribution is -2.48. The topological polar surface area (TPSA) is 23.6 Å². The zero-order valence-electron chi connectivity index (χ0n) is 15.4. The number of hydrogen-bond acceptors (Lipinski definition) is 2. The van der Waals surface area contributed by atoms with Crippen molar-refractivity contribution >= 4 is 11.6 Å². The summed E-state index contributed by atoms with van der Waals surface area (Å²) in [5, 5.41) is 0. The van der Waals surface area contributed by atoms with Gasteiger partial charge < -0.3 is 9.80 Å². The van der Waals surface area contributed by atoms with E-state index in [1.165, 1.54) is 57.2 Å². The molecule has 1 saturated heterocycles. The number of para-hydroxylation sites is 1. The van der Waals surface area contributed by atoms with Gasteiger partial charge in [0, 0.05) is 30.6 Å². The highest BCUT2D eigenvalue weighted by Crippen LogP contribution is 2.50. The Hall–Kier alpha value is -1.35. The fraction of sp³-hybridized carbons (Fsp3) is 0.682. The summed E-state index contributed by atoms with van der Waals surface area (Å²) in [6.45, 7) is 2.44. The minimum atomic E-state index is 0.213. The summed E-state index contributed by atoms with van der Waals surface area (Å²) in [5.41, 5.74) is 2.79. The molecular weight excluding hydrogens is 308 g/mol. The minimum absolute atomic E-state index is 0.213. The van der Waals surface area contributed by atoms with Gasteiger partial charge in [0.05, 0.1) is 0 Å². The molecule has 1 spiro atoms. The summed E-state index contributed by atoms with van der Waals surface area (Å²) in [5.74, 6) is 2.28. The van der Waals surface area contributed by atoms with Gasteiger partial charge in [-0.05, 0) is 75.1 Å². The van der Waals surface area contributed by atoms with Gasteiger partial charge in [0.25, 0.3) is 0 Å². The van der Waals surface area contributed by atoms with Crippen LogP contribution in [-0.4, -0.2) is 37.0 Å². The van der Waals surface area contributed by atoms with Crippen LogP contribution in [0.1, 0.15) is 56.9 Å². The fourth-order valence-corrected chi connectivity index (χ4v) is 6.46. The Kier molecular flexibility index (Phi) is 3.70. The molecule has 2 heterocycles. The van der Waals surface area contributed by atoms with E-state index in [0.29, 0.717) is 6.42 Å². The number of hydrogen-bond donors (Lipinski definition) is 0. The Balaban J connectivity index is 1.39. The molecule has 4 aliphatic rings. The number of anilines is 1. The van der Waals surface area contributed by atoms with Crippen LogP contribution in [0.5, 0.6) is 0 Å². The van der Waals surface area contributed by atoms with Crippen LogP contribution in [0.4, 0.5) is 5.69 Å². The van der Waals surface area contributed by atoms with Crippen molar-refractivity contribution in [3.8, 4) is 0 Å². The molecule has 2 bridgehead atoms. The zero-order valence-corrected chi connectivity index (χ0v) is 15.4. The number of amides is 1. The van der Waals surface area contributed by atoms with Crippen molar-refractivity contribution in [2.45, 2.75) is 62.8 Å². The first kappa shape index (κ1) is 15.9. The third kappa shape index (κ3) is 2.46. The number of carbonyl (C=O) groups excluding carboxylic acids is 1. The molecule has 3 nitrogen and oxygen atoms in total. The van der Waals surface area contributed by atoms with Crippen LogP contribution < -0.4 is 4.90 Å². The van der Waals surface area contributed by atoms with Gasteiger partial charge in [0.1, 0.15) is 0 Å². The highest BCUT2D eigenvalue weighted by molar-refractivity contribution is 5.94. The minimum Gasteiger partial charge on any atom is -0.315 e. The molecule has 5 rings (SSSR count). The van der Waals surface area contributed by atoms with E-state index in [1.54, 1.807) is 0 Å². The average Bonchev–Trinajstić information content (AvgIpc) is 3.27. The highest BCUT2D eigenvalue weighted by Gasteiger charge is 2.46. The molecule has 1 aromatic rings. The SMILES string of the molecule is CN1C(=O)CCC2(CCN(C3C[C@@H]4CC[C@@H]3C4)CC2)c2ccccc21. The van der Waals surface area contributed by atoms with Crippen LogP contribution in [0.3, 0.4) is 0 Å². The van der Waals surface area contributed by atoms with Gasteiger partial charge in [0.2, 0.25) is 5.91 Å². The largest absolute Gasteiger partial charge is 0.315 e. The number of likely N-dealkylation sites (tertiary alicyclic amines) is 1. The molecular formula is C22H30N2O. The third-order valence-corrected chi connectivity index (χ3v) is 7.95. The van der Waals surface area contributed by atoms with E-state index in [1.807, 2.05) is 11.9 Å². The van der Waals surface area contributed by atoms with Gasteiger partial charge in [0.15, 0.2) is 0 Å². The maximum absolute atomic E-state index is 12.5. The fourth-order valence-electron chi connectivity index (χ4n) is 6.46. The van der Waals surface area contributed by atoms with Crippen LogP contribution in [0.25, 0.3) is 0 Å². The first-order valence-electron chi connectivity index (χ1n) is 10.3. The molecule has 0 aromatic heterocycles. The molecule has 1 amide bonds. The van der Waals surface area contributed by atoms with Crippen molar-refractivity contribution in [3.63, 3.8) is 0 Å². The average molecular weight is 338 g/mol. The second-order valence-electron chi connectivity index (χ2n) is 9.03. The van der Waals surface area contributed by atoms with Crippen molar-refractivity contribution in [2.75, 3.05) is 25.0 Å². The zero-order chi connectivity index (χ0) is 17.0. The lowest BCUT2D eigenvalue weighted by Gasteiger charge is -2.46.